The van der Waals surface area contributed by atoms with E-state index in [1.54, 1.807) is 44.4 Å². The number of nitrogens with zero attached hydrogens (tertiary/aromatic N) is 1. The Hall–Kier alpha value is -3.37. The van der Waals surface area contributed by atoms with Gasteiger partial charge in [-0.15, -0.1) is 0 Å². The summed E-state index contributed by atoms with van der Waals surface area (Å²) in [6, 6.07) is 11.0. The molecule has 1 aromatic heterocycles. The van der Waals surface area contributed by atoms with Crippen molar-refractivity contribution in [2.45, 2.75) is 24.8 Å². The van der Waals surface area contributed by atoms with Crippen LogP contribution in [0.3, 0.4) is 0 Å². The van der Waals surface area contributed by atoms with E-state index in [4.69, 9.17) is 14.2 Å². The Morgan fingerprint density at radius 3 is 2.41 bits per heavy atom. The number of ether oxygens (including phenoxy) is 3. The van der Waals surface area contributed by atoms with Crippen LogP contribution in [0.25, 0.3) is 0 Å². The number of aromatic nitrogens is 2. The third-order valence-corrected chi connectivity index (χ3v) is 5.43. The van der Waals surface area contributed by atoms with Gasteiger partial charge in [0.25, 0.3) is 5.91 Å². The van der Waals surface area contributed by atoms with E-state index < -0.39 is 9.84 Å². The van der Waals surface area contributed by atoms with Crippen LogP contribution in [0.4, 0.5) is 5.69 Å². The fraction of sp³-hybridized carbons (Fsp3) is 0.273. The number of nitrogens with one attached hydrogen (secondary N) is 2. The van der Waals surface area contributed by atoms with Gasteiger partial charge in [0.2, 0.25) is 0 Å². The average molecular weight is 460 g/mol. The van der Waals surface area contributed by atoms with Gasteiger partial charge >= 0.3 is 0 Å². The van der Waals surface area contributed by atoms with E-state index in [1.165, 1.54) is 18.3 Å². The number of anilines is 1. The number of sulfone groups is 1. The van der Waals surface area contributed by atoms with E-state index in [9.17, 15) is 13.2 Å². The molecule has 10 heteroatoms. The van der Waals surface area contributed by atoms with Crippen LogP contribution in [0.1, 0.15) is 23.2 Å². The highest BCUT2D eigenvalue weighted by Crippen LogP contribution is 2.31. The quantitative estimate of drug-likeness (QED) is 0.502. The topological polar surface area (TPSA) is 120 Å². The van der Waals surface area contributed by atoms with Gasteiger partial charge in [-0.05, 0) is 38.1 Å². The van der Waals surface area contributed by atoms with Gasteiger partial charge in [-0.2, -0.15) is 0 Å². The molecule has 1 atom stereocenters. The van der Waals surface area contributed by atoms with Crippen LogP contribution in [-0.4, -0.2) is 50.4 Å². The molecule has 0 aliphatic carbocycles. The highest BCUT2D eigenvalue weighted by Gasteiger charge is 2.14. The van der Waals surface area contributed by atoms with Crippen molar-refractivity contribution < 1.29 is 27.4 Å². The summed E-state index contributed by atoms with van der Waals surface area (Å²) in [5.41, 5.74) is 0.695. The normalized spacial score (nSPS) is 12.2. The minimum Gasteiger partial charge on any atom is -0.488 e. The molecule has 32 heavy (non-hydrogen) atoms. The summed E-state index contributed by atoms with van der Waals surface area (Å²) in [7, 11) is -1.73. The zero-order valence-electron chi connectivity index (χ0n) is 18.2. The summed E-state index contributed by atoms with van der Waals surface area (Å²) in [6.45, 7) is 3.99. The Morgan fingerprint density at radius 1 is 1.12 bits per heavy atom. The van der Waals surface area contributed by atoms with E-state index in [0.29, 0.717) is 35.4 Å². The molecular formula is C22H25N3O6S. The van der Waals surface area contributed by atoms with Gasteiger partial charge in [0.1, 0.15) is 34.9 Å². The van der Waals surface area contributed by atoms with Gasteiger partial charge in [-0.3, -0.25) is 4.79 Å². The second kappa shape index (κ2) is 9.84. The number of aryl methyl sites for hydroxylation is 1. The summed E-state index contributed by atoms with van der Waals surface area (Å²) in [4.78, 5) is 19.7. The van der Waals surface area contributed by atoms with Gasteiger partial charge in [0.15, 0.2) is 9.84 Å². The zero-order chi connectivity index (χ0) is 23.3. The van der Waals surface area contributed by atoms with Gasteiger partial charge in [0.05, 0.1) is 11.5 Å². The van der Waals surface area contributed by atoms with Crippen LogP contribution in [-0.2, 0) is 14.6 Å². The van der Waals surface area contributed by atoms with Gasteiger partial charge in [0, 0.05) is 43.4 Å². The van der Waals surface area contributed by atoms with Crippen molar-refractivity contribution in [2.24, 2.45) is 0 Å². The summed E-state index contributed by atoms with van der Waals surface area (Å²) in [5.74, 6) is 1.53. The number of rotatable bonds is 9. The molecular weight excluding hydrogens is 434 g/mol. The number of imidazole rings is 1. The number of hydrogen-bond acceptors (Lipinski definition) is 7. The van der Waals surface area contributed by atoms with Crippen molar-refractivity contribution in [3.05, 3.63) is 60.2 Å². The molecule has 3 rings (SSSR count). The maximum absolute atomic E-state index is 12.5. The van der Waals surface area contributed by atoms with Crippen LogP contribution < -0.4 is 14.8 Å². The fourth-order valence-corrected chi connectivity index (χ4v) is 3.52. The SMILES string of the molecule is COC[C@H](C)Oc1cc(NC(=O)c2c[nH]c(C)n2)cc(Oc2ccc(S(C)(=O)=O)cc2)c1. The molecule has 9 nitrogen and oxygen atoms in total. The molecule has 0 saturated carbocycles. The second-order valence-electron chi connectivity index (χ2n) is 7.25. The standard InChI is InChI=1S/C22H25N3O6S/c1-14(13-29-3)30-18-9-16(25-22(26)21-12-23-15(2)24-21)10-19(11-18)31-17-5-7-20(8-6-17)32(4,27)28/h5-12,14H,13H2,1-4H3,(H,23,24)(H,25,26)/t14-/m0/s1. The summed E-state index contributed by atoms with van der Waals surface area (Å²) < 4.78 is 40.2. The van der Waals surface area contributed by atoms with E-state index in [0.717, 1.165) is 6.26 Å². The predicted molar refractivity (Wildman–Crippen MR) is 119 cm³/mol. The minimum atomic E-state index is -3.31. The van der Waals surface area contributed by atoms with E-state index >= 15 is 0 Å². The lowest BCUT2D eigenvalue weighted by Crippen LogP contribution is -2.18. The lowest BCUT2D eigenvalue weighted by molar-refractivity contribution is 0.0920. The second-order valence-corrected chi connectivity index (χ2v) is 9.26. The Kier molecular flexibility index (Phi) is 7.16. The van der Waals surface area contributed by atoms with E-state index in [1.807, 2.05) is 6.92 Å². The van der Waals surface area contributed by atoms with Crippen molar-refractivity contribution in [3.8, 4) is 17.2 Å². The number of H-pyrrole nitrogens is 1. The number of hydrogen-bond donors (Lipinski definition) is 2. The van der Waals surface area contributed by atoms with E-state index in [-0.39, 0.29) is 22.6 Å². The number of amides is 1. The van der Waals surface area contributed by atoms with Crippen LogP contribution in [0.2, 0.25) is 0 Å². The number of benzene rings is 2. The first-order valence-corrected chi connectivity index (χ1v) is 11.6. The van der Waals surface area contributed by atoms with Gasteiger partial charge in [-0.25, -0.2) is 13.4 Å². The van der Waals surface area contributed by atoms with E-state index in [2.05, 4.69) is 15.3 Å². The molecule has 2 N–H and O–H groups in total. The van der Waals surface area contributed by atoms with Crippen LogP contribution in [0.5, 0.6) is 17.2 Å². The summed E-state index contributed by atoms with van der Waals surface area (Å²) >= 11 is 0. The molecule has 0 unspecified atom stereocenters. The summed E-state index contributed by atoms with van der Waals surface area (Å²) in [6.07, 6.45) is 2.43. The Morgan fingerprint density at radius 2 is 1.81 bits per heavy atom. The third-order valence-electron chi connectivity index (χ3n) is 4.30. The van der Waals surface area contributed by atoms with Crippen molar-refractivity contribution in [2.75, 3.05) is 25.3 Å². The maximum atomic E-state index is 12.5. The van der Waals surface area contributed by atoms with Crippen molar-refractivity contribution >= 4 is 21.4 Å². The highest BCUT2D eigenvalue weighted by molar-refractivity contribution is 7.90. The van der Waals surface area contributed by atoms with Crippen LogP contribution >= 0.6 is 0 Å². The van der Waals surface area contributed by atoms with Crippen molar-refractivity contribution in [3.63, 3.8) is 0 Å². The Balaban J connectivity index is 1.86. The molecule has 0 aliphatic heterocycles. The molecule has 0 bridgehead atoms. The first-order valence-electron chi connectivity index (χ1n) is 9.76. The molecule has 170 valence electrons. The predicted octanol–water partition coefficient (Wildman–Crippen LogP) is 3.58. The number of carbonyl (C=O) groups excluding carboxylic acids is 1. The average Bonchev–Trinajstić information content (AvgIpc) is 3.14. The lowest BCUT2D eigenvalue weighted by atomic mass is 10.2. The zero-order valence-corrected chi connectivity index (χ0v) is 19.0. The third kappa shape index (κ3) is 6.32. The Labute approximate surface area is 186 Å². The molecule has 0 spiro atoms. The van der Waals surface area contributed by atoms with Crippen molar-refractivity contribution in [1.29, 1.82) is 0 Å². The minimum absolute atomic E-state index is 0.192. The molecule has 0 fully saturated rings. The van der Waals surface area contributed by atoms with Gasteiger partial charge in [-0.1, -0.05) is 0 Å². The van der Waals surface area contributed by atoms with Gasteiger partial charge < -0.3 is 24.5 Å². The molecule has 0 aliphatic rings. The first-order chi connectivity index (χ1) is 15.1. The number of methoxy groups -OCH3 is 1. The Bertz CT molecular complexity index is 1190. The number of aromatic amines is 1. The first kappa shape index (κ1) is 23.3. The van der Waals surface area contributed by atoms with Crippen LogP contribution in [0, 0.1) is 6.92 Å². The number of carbonyl (C=O) groups is 1. The molecule has 0 radical (unpaired) electrons. The lowest BCUT2D eigenvalue weighted by Gasteiger charge is -2.16. The fourth-order valence-electron chi connectivity index (χ4n) is 2.89. The molecule has 0 saturated heterocycles. The monoisotopic (exact) mass is 459 g/mol. The maximum Gasteiger partial charge on any atom is 0.275 e. The molecule has 1 amide bonds. The largest absolute Gasteiger partial charge is 0.488 e. The highest BCUT2D eigenvalue weighted by atomic mass is 32.2. The van der Waals surface area contributed by atoms with Crippen molar-refractivity contribution in [1.82, 2.24) is 9.97 Å². The molecule has 1 heterocycles. The smallest absolute Gasteiger partial charge is 0.275 e. The molecule has 3 aromatic rings. The van der Waals surface area contributed by atoms with Crippen LogP contribution in [0.15, 0.2) is 53.6 Å². The molecule has 2 aromatic carbocycles. The summed E-state index contributed by atoms with van der Waals surface area (Å²) in [5, 5.41) is 2.78.